The van der Waals surface area contributed by atoms with Gasteiger partial charge in [0.1, 0.15) is 0 Å². The molecule has 2 amide bonds. The zero-order valence-electron chi connectivity index (χ0n) is 16.5. The first-order chi connectivity index (χ1) is 13.2. The minimum Gasteiger partial charge on any atom is -0.376 e. The summed E-state index contributed by atoms with van der Waals surface area (Å²) in [5.74, 6) is 0.0239. The predicted molar refractivity (Wildman–Crippen MR) is 112 cm³/mol. The van der Waals surface area contributed by atoms with Crippen molar-refractivity contribution in [2.75, 3.05) is 23.7 Å². The summed E-state index contributed by atoms with van der Waals surface area (Å²) in [5.41, 5.74) is 3.05. The van der Waals surface area contributed by atoms with Crippen molar-refractivity contribution in [1.29, 1.82) is 0 Å². The largest absolute Gasteiger partial charge is 0.376 e. The number of allylic oxidation sites excluding steroid dienone is 1. The highest BCUT2D eigenvalue weighted by Crippen LogP contribution is 2.19. The van der Waals surface area contributed by atoms with Crippen LogP contribution in [0.15, 0.2) is 35.9 Å². The number of carbonyl (C=O) groups is 2. The molecule has 1 aromatic rings. The van der Waals surface area contributed by atoms with E-state index in [1.54, 1.807) is 0 Å². The molecule has 0 unspecified atom stereocenters. The minimum atomic E-state index is -0.0135. The van der Waals surface area contributed by atoms with Crippen molar-refractivity contribution in [2.45, 2.75) is 64.7 Å². The van der Waals surface area contributed by atoms with Crippen LogP contribution >= 0.6 is 0 Å². The van der Waals surface area contributed by atoms with E-state index in [4.69, 9.17) is 0 Å². The number of hydrogen-bond donors (Lipinski definition) is 3. The summed E-state index contributed by atoms with van der Waals surface area (Å²) in [6, 6.07) is 7.49. The Morgan fingerprint density at radius 3 is 2.70 bits per heavy atom. The average molecular weight is 372 g/mol. The topological polar surface area (TPSA) is 70.2 Å². The van der Waals surface area contributed by atoms with Crippen LogP contribution in [0.4, 0.5) is 11.4 Å². The van der Waals surface area contributed by atoms with Gasteiger partial charge in [0, 0.05) is 24.3 Å². The third-order valence-electron chi connectivity index (χ3n) is 4.76. The van der Waals surface area contributed by atoms with Crippen LogP contribution in [-0.2, 0) is 9.59 Å². The Morgan fingerprint density at radius 1 is 1.07 bits per heavy atom. The Hall–Kier alpha value is -2.30. The maximum atomic E-state index is 12.0. The molecule has 148 valence electrons. The Balaban J connectivity index is 1.68. The monoisotopic (exact) mass is 371 g/mol. The molecule has 0 radical (unpaired) electrons. The fourth-order valence-electron chi connectivity index (χ4n) is 3.20. The van der Waals surface area contributed by atoms with Gasteiger partial charge in [-0.3, -0.25) is 9.59 Å². The quantitative estimate of drug-likeness (QED) is 0.392. The van der Waals surface area contributed by atoms with Gasteiger partial charge in [-0.15, -0.1) is 0 Å². The number of rotatable bonds is 11. The van der Waals surface area contributed by atoms with E-state index in [-0.39, 0.29) is 18.4 Å². The number of hydrogen-bond acceptors (Lipinski definition) is 3. The SMILES string of the molecule is CCCCCC(=O)Nc1cccc(NCC(=O)NCCC2=CCCCC2)c1. The molecule has 27 heavy (non-hydrogen) atoms. The summed E-state index contributed by atoms with van der Waals surface area (Å²) in [5, 5.41) is 9.00. The normalized spacial score (nSPS) is 13.6. The highest BCUT2D eigenvalue weighted by Gasteiger charge is 2.06. The van der Waals surface area contributed by atoms with Crippen LogP contribution in [0.5, 0.6) is 0 Å². The van der Waals surface area contributed by atoms with Gasteiger partial charge >= 0.3 is 0 Å². The van der Waals surface area contributed by atoms with E-state index in [1.807, 2.05) is 24.3 Å². The third kappa shape index (κ3) is 8.76. The lowest BCUT2D eigenvalue weighted by Crippen LogP contribution is -2.30. The van der Waals surface area contributed by atoms with Crippen molar-refractivity contribution >= 4 is 23.2 Å². The van der Waals surface area contributed by atoms with Gasteiger partial charge < -0.3 is 16.0 Å². The number of anilines is 2. The second-order valence-corrected chi connectivity index (χ2v) is 7.15. The van der Waals surface area contributed by atoms with Crippen LogP contribution < -0.4 is 16.0 Å². The van der Waals surface area contributed by atoms with Gasteiger partial charge in [0.2, 0.25) is 11.8 Å². The molecular formula is C22H33N3O2. The van der Waals surface area contributed by atoms with E-state index >= 15 is 0 Å². The Morgan fingerprint density at radius 2 is 1.93 bits per heavy atom. The zero-order chi connectivity index (χ0) is 19.3. The van der Waals surface area contributed by atoms with Gasteiger partial charge in [0.25, 0.3) is 0 Å². The molecule has 5 heteroatoms. The van der Waals surface area contributed by atoms with Gasteiger partial charge in [-0.2, -0.15) is 0 Å². The van der Waals surface area contributed by atoms with E-state index < -0.39 is 0 Å². The number of amides is 2. The maximum absolute atomic E-state index is 12.0. The van der Waals surface area contributed by atoms with Crippen molar-refractivity contribution in [3.8, 4) is 0 Å². The highest BCUT2D eigenvalue weighted by atomic mass is 16.2. The predicted octanol–water partition coefficient (Wildman–Crippen LogP) is 4.62. The van der Waals surface area contributed by atoms with Gasteiger partial charge in [-0.1, -0.05) is 37.5 Å². The standard InChI is InChI=1S/C22H33N3O2/c1-2-3-5-13-21(26)25-20-12-8-11-19(16-20)24-17-22(27)23-15-14-18-9-6-4-7-10-18/h8-9,11-12,16,24H,2-7,10,13-15,17H2,1H3,(H,23,27)(H,25,26). The lowest BCUT2D eigenvalue weighted by Gasteiger charge is -2.13. The van der Waals surface area contributed by atoms with Gasteiger partial charge in [-0.05, 0) is 56.7 Å². The summed E-state index contributed by atoms with van der Waals surface area (Å²) in [6.07, 6.45) is 11.8. The second-order valence-electron chi connectivity index (χ2n) is 7.15. The third-order valence-corrected chi connectivity index (χ3v) is 4.76. The van der Waals surface area contributed by atoms with Crippen molar-refractivity contribution in [2.24, 2.45) is 0 Å². The summed E-state index contributed by atoms with van der Waals surface area (Å²) in [4.78, 5) is 23.9. The molecule has 3 N–H and O–H groups in total. The molecule has 0 spiro atoms. The molecule has 0 aliphatic heterocycles. The molecule has 1 aliphatic rings. The molecule has 0 saturated carbocycles. The molecule has 0 heterocycles. The fourth-order valence-corrected chi connectivity index (χ4v) is 3.20. The summed E-state index contributed by atoms with van der Waals surface area (Å²) < 4.78 is 0. The van der Waals surface area contributed by atoms with Gasteiger partial charge in [0.15, 0.2) is 0 Å². The Bertz CT molecular complexity index is 640. The van der Waals surface area contributed by atoms with Crippen molar-refractivity contribution in [3.05, 3.63) is 35.9 Å². The van der Waals surface area contributed by atoms with Gasteiger partial charge in [-0.25, -0.2) is 0 Å². The summed E-state index contributed by atoms with van der Waals surface area (Å²) >= 11 is 0. The van der Waals surface area contributed by atoms with Gasteiger partial charge in [0.05, 0.1) is 6.54 Å². The summed E-state index contributed by atoms with van der Waals surface area (Å²) in [6.45, 7) is 3.05. The first kappa shape index (κ1) is 21.0. The van der Waals surface area contributed by atoms with E-state index in [2.05, 4.69) is 29.0 Å². The first-order valence-electron chi connectivity index (χ1n) is 10.3. The average Bonchev–Trinajstić information content (AvgIpc) is 2.68. The number of unbranched alkanes of at least 4 members (excludes halogenated alkanes) is 2. The van der Waals surface area contributed by atoms with Crippen molar-refractivity contribution < 1.29 is 9.59 Å². The van der Waals surface area contributed by atoms with Crippen LogP contribution in [0.2, 0.25) is 0 Å². The van der Waals surface area contributed by atoms with Crippen LogP contribution in [0.3, 0.4) is 0 Å². The first-order valence-corrected chi connectivity index (χ1v) is 10.3. The minimum absolute atomic E-state index is 0.0135. The van der Waals surface area contributed by atoms with E-state index in [1.165, 1.54) is 31.3 Å². The van der Waals surface area contributed by atoms with Crippen LogP contribution in [-0.4, -0.2) is 24.9 Å². The van der Waals surface area contributed by atoms with Crippen molar-refractivity contribution in [3.63, 3.8) is 0 Å². The van der Waals surface area contributed by atoms with Crippen LogP contribution in [0.1, 0.15) is 64.7 Å². The van der Waals surface area contributed by atoms with E-state index in [9.17, 15) is 9.59 Å². The molecule has 1 aromatic carbocycles. The summed E-state index contributed by atoms with van der Waals surface area (Å²) in [7, 11) is 0. The molecule has 0 aromatic heterocycles. The lowest BCUT2D eigenvalue weighted by molar-refractivity contribution is -0.119. The number of nitrogens with one attached hydrogen (secondary N) is 3. The zero-order valence-corrected chi connectivity index (χ0v) is 16.5. The molecule has 0 atom stereocenters. The molecule has 0 bridgehead atoms. The number of carbonyl (C=O) groups excluding carboxylic acids is 2. The second kappa shape index (κ2) is 12.2. The number of benzene rings is 1. The smallest absolute Gasteiger partial charge is 0.239 e. The molecule has 2 rings (SSSR count). The Kier molecular flexibility index (Phi) is 9.45. The van der Waals surface area contributed by atoms with E-state index in [0.717, 1.165) is 37.1 Å². The lowest BCUT2D eigenvalue weighted by atomic mass is 9.97. The van der Waals surface area contributed by atoms with Crippen LogP contribution in [0, 0.1) is 0 Å². The Labute approximate surface area is 163 Å². The molecule has 1 aliphatic carbocycles. The van der Waals surface area contributed by atoms with Crippen molar-refractivity contribution in [1.82, 2.24) is 5.32 Å². The van der Waals surface area contributed by atoms with Crippen LogP contribution in [0.25, 0.3) is 0 Å². The molecular weight excluding hydrogens is 338 g/mol. The maximum Gasteiger partial charge on any atom is 0.239 e. The fraction of sp³-hybridized carbons (Fsp3) is 0.545. The highest BCUT2D eigenvalue weighted by molar-refractivity contribution is 5.91. The molecule has 0 saturated heterocycles. The van der Waals surface area contributed by atoms with E-state index in [0.29, 0.717) is 13.0 Å². The molecule has 5 nitrogen and oxygen atoms in total. The molecule has 0 fully saturated rings.